The molecular formula is C20H26N2O4. The first-order chi connectivity index (χ1) is 12.3. The number of aromatic nitrogens is 1. The number of β-amino-alcohol motifs (C(OH)–C–C–N with tert-alkyl or cyclic N) is 1. The van der Waals surface area contributed by atoms with Gasteiger partial charge in [0.2, 0.25) is 0 Å². The van der Waals surface area contributed by atoms with Crippen LogP contribution in [0.4, 0.5) is 0 Å². The Balaban J connectivity index is 2.09. The summed E-state index contributed by atoms with van der Waals surface area (Å²) < 4.78 is 12.9. The van der Waals surface area contributed by atoms with Crippen LogP contribution in [-0.4, -0.2) is 48.0 Å². The normalized spacial score (nSPS) is 15.0. The highest BCUT2D eigenvalue weighted by atomic mass is 16.5. The Morgan fingerprint density at radius 1 is 1.12 bits per heavy atom. The third kappa shape index (κ3) is 3.22. The zero-order valence-corrected chi connectivity index (χ0v) is 16.0. The van der Waals surface area contributed by atoms with E-state index in [4.69, 9.17) is 9.47 Å². The zero-order chi connectivity index (χ0) is 19.0. The van der Waals surface area contributed by atoms with Crippen LogP contribution in [0.3, 0.4) is 0 Å². The van der Waals surface area contributed by atoms with Gasteiger partial charge in [-0.25, -0.2) is 0 Å². The molecule has 1 aliphatic rings. The Kier molecular flexibility index (Phi) is 5.07. The molecule has 6 nitrogen and oxygen atoms in total. The van der Waals surface area contributed by atoms with Crippen LogP contribution < -0.4 is 15.0 Å². The van der Waals surface area contributed by atoms with Crippen molar-refractivity contribution in [3.8, 4) is 22.6 Å². The maximum Gasteiger partial charge on any atom is 0.253 e. The number of ether oxygens (including phenoxy) is 2. The number of aryl methyl sites for hydroxylation is 1. The summed E-state index contributed by atoms with van der Waals surface area (Å²) in [5.74, 6) is 1.48. The second kappa shape index (κ2) is 7.13. The lowest BCUT2D eigenvalue weighted by atomic mass is 9.97. The van der Waals surface area contributed by atoms with Crippen molar-refractivity contribution < 1.29 is 14.6 Å². The molecule has 1 aliphatic heterocycles. The van der Waals surface area contributed by atoms with E-state index in [1.54, 1.807) is 25.8 Å². The average Bonchev–Trinajstić information content (AvgIpc) is 2.61. The summed E-state index contributed by atoms with van der Waals surface area (Å²) >= 11 is 0. The van der Waals surface area contributed by atoms with Crippen molar-refractivity contribution in [2.45, 2.75) is 26.5 Å². The van der Waals surface area contributed by atoms with Crippen LogP contribution in [-0.2, 0) is 13.6 Å². The lowest BCUT2D eigenvalue weighted by Gasteiger charge is -2.36. The summed E-state index contributed by atoms with van der Waals surface area (Å²) in [6.45, 7) is 5.79. The number of rotatable bonds is 5. The molecule has 2 aromatic rings. The van der Waals surface area contributed by atoms with Crippen LogP contribution in [0, 0.1) is 13.8 Å². The molecule has 0 unspecified atom stereocenters. The van der Waals surface area contributed by atoms with Gasteiger partial charge < -0.3 is 19.1 Å². The number of hydrogen-bond donors (Lipinski definition) is 1. The van der Waals surface area contributed by atoms with Crippen molar-refractivity contribution >= 4 is 0 Å². The van der Waals surface area contributed by atoms with Crippen LogP contribution >= 0.6 is 0 Å². The van der Waals surface area contributed by atoms with Gasteiger partial charge in [0.25, 0.3) is 5.56 Å². The van der Waals surface area contributed by atoms with Gasteiger partial charge in [0, 0.05) is 44.0 Å². The summed E-state index contributed by atoms with van der Waals surface area (Å²) in [6.07, 6.45) is 1.60. The number of benzene rings is 1. The Bertz CT molecular complexity index is 857. The van der Waals surface area contributed by atoms with Crippen molar-refractivity contribution in [2.24, 2.45) is 7.05 Å². The van der Waals surface area contributed by atoms with Crippen molar-refractivity contribution in [1.29, 1.82) is 0 Å². The van der Waals surface area contributed by atoms with Gasteiger partial charge in [-0.1, -0.05) is 0 Å². The Morgan fingerprint density at radius 3 is 2.19 bits per heavy atom. The number of pyridine rings is 1. The van der Waals surface area contributed by atoms with E-state index < -0.39 is 0 Å². The Hall–Kier alpha value is -2.31. The molecule has 0 spiro atoms. The molecule has 0 saturated carbocycles. The zero-order valence-electron chi connectivity index (χ0n) is 16.0. The molecule has 140 valence electrons. The molecule has 1 saturated heterocycles. The average molecular weight is 358 g/mol. The Labute approximate surface area is 153 Å². The topological polar surface area (TPSA) is 63.9 Å². The van der Waals surface area contributed by atoms with Crippen LogP contribution in [0.25, 0.3) is 11.1 Å². The van der Waals surface area contributed by atoms with E-state index in [0.717, 1.165) is 39.3 Å². The molecule has 26 heavy (non-hydrogen) atoms. The molecule has 0 radical (unpaired) electrons. The van der Waals surface area contributed by atoms with E-state index in [1.807, 2.05) is 32.2 Å². The smallest absolute Gasteiger partial charge is 0.253 e. The van der Waals surface area contributed by atoms with Crippen LogP contribution in [0.5, 0.6) is 11.5 Å². The number of methoxy groups -OCH3 is 2. The minimum atomic E-state index is -0.248. The molecule has 1 aromatic carbocycles. The second-order valence-corrected chi connectivity index (χ2v) is 6.92. The summed E-state index contributed by atoms with van der Waals surface area (Å²) in [5, 5.41) is 9.52. The quantitative estimate of drug-likeness (QED) is 0.884. The Morgan fingerprint density at radius 2 is 1.69 bits per heavy atom. The fraction of sp³-hybridized carbons (Fsp3) is 0.450. The van der Waals surface area contributed by atoms with E-state index in [-0.39, 0.29) is 11.7 Å². The highest BCUT2D eigenvalue weighted by molar-refractivity contribution is 5.72. The fourth-order valence-corrected chi connectivity index (χ4v) is 3.46. The van der Waals surface area contributed by atoms with Gasteiger partial charge in [-0.2, -0.15) is 0 Å². The predicted octanol–water partition coefficient (Wildman–Crippen LogP) is 1.86. The third-order valence-electron chi connectivity index (χ3n) is 5.17. The highest BCUT2D eigenvalue weighted by Gasteiger charge is 2.27. The van der Waals surface area contributed by atoms with Gasteiger partial charge in [0.05, 0.1) is 25.9 Å². The molecule has 1 aromatic heterocycles. The van der Waals surface area contributed by atoms with Crippen molar-refractivity contribution in [3.63, 3.8) is 0 Å². The summed E-state index contributed by atoms with van der Waals surface area (Å²) in [4.78, 5) is 14.3. The van der Waals surface area contributed by atoms with E-state index in [0.29, 0.717) is 19.6 Å². The van der Waals surface area contributed by atoms with E-state index >= 15 is 0 Å². The van der Waals surface area contributed by atoms with E-state index in [1.165, 1.54) is 0 Å². The van der Waals surface area contributed by atoms with Gasteiger partial charge >= 0.3 is 0 Å². The summed E-state index contributed by atoms with van der Waals surface area (Å²) in [6, 6.07) is 3.97. The SMILES string of the molecule is COc1cc(-c2cn(C)c(=O)c(C)c2C)cc(OC)c1CN1CC(O)C1. The third-order valence-corrected chi connectivity index (χ3v) is 5.17. The van der Waals surface area contributed by atoms with Crippen LogP contribution in [0.2, 0.25) is 0 Å². The molecule has 6 heteroatoms. The fourth-order valence-electron chi connectivity index (χ4n) is 3.46. The molecule has 1 N–H and O–H groups in total. The first-order valence-corrected chi connectivity index (χ1v) is 8.68. The van der Waals surface area contributed by atoms with Gasteiger partial charge in [-0.3, -0.25) is 9.69 Å². The monoisotopic (exact) mass is 358 g/mol. The van der Waals surface area contributed by atoms with Crippen molar-refractivity contribution in [3.05, 3.63) is 45.4 Å². The minimum absolute atomic E-state index is 0.0122. The molecule has 0 atom stereocenters. The second-order valence-electron chi connectivity index (χ2n) is 6.92. The standard InChI is InChI=1S/C20H26N2O4/c1-12-13(2)20(24)21(3)10-16(12)14-6-18(25-4)17(19(7-14)26-5)11-22-8-15(23)9-22/h6-7,10,15,23H,8-9,11H2,1-5H3. The number of aliphatic hydroxyl groups excluding tert-OH is 1. The lowest BCUT2D eigenvalue weighted by Crippen LogP contribution is -2.49. The highest BCUT2D eigenvalue weighted by Crippen LogP contribution is 2.37. The first-order valence-electron chi connectivity index (χ1n) is 8.68. The van der Waals surface area contributed by atoms with Crippen LogP contribution in [0.1, 0.15) is 16.7 Å². The predicted molar refractivity (Wildman–Crippen MR) is 101 cm³/mol. The minimum Gasteiger partial charge on any atom is -0.496 e. The van der Waals surface area contributed by atoms with Crippen molar-refractivity contribution in [2.75, 3.05) is 27.3 Å². The number of aliphatic hydroxyl groups is 1. The first kappa shape index (κ1) is 18.5. The molecular weight excluding hydrogens is 332 g/mol. The molecule has 0 aliphatic carbocycles. The number of nitrogens with zero attached hydrogens (tertiary/aromatic N) is 2. The largest absolute Gasteiger partial charge is 0.496 e. The van der Waals surface area contributed by atoms with Crippen molar-refractivity contribution in [1.82, 2.24) is 9.47 Å². The lowest BCUT2D eigenvalue weighted by molar-refractivity contribution is -0.00358. The van der Waals surface area contributed by atoms with E-state index in [2.05, 4.69) is 4.90 Å². The number of hydrogen-bond acceptors (Lipinski definition) is 5. The summed E-state index contributed by atoms with van der Waals surface area (Å²) in [5.41, 5.74) is 4.59. The van der Waals surface area contributed by atoms with Gasteiger partial charge in [-0.15, -0.1) is 0 Å². The summed E-state index contributed by atoms with van der Waals surface area (Å²) in [7, 11) is 5.05. The molecule has 1 fully saturated rings. The molecule has 2 heterocycles. The molecule has 0 bridgehead atoms. The molecule has 0 amide bonds. The number of likely N-dealkylation sites (tertiary alicyclic amines) is 1. The van der Waals surface area contributed by atoms with Gasteiger partial charge in [0.1, 0.15) is 11.5 Å². The maximum atomic E-state index is 12.1. The maximum absolute atomic E-state index is 12.1. The van der Waals surface area contributed by atoms with Crippen LogP contribution in [0.15, 0.2) is 23.1 Å². The van der Waals surface area contributed by atoms with E-state index in [9.17, 15) is 9.90 Å². The van der Waals surface area contributed by atoms with Gasteiger partial charge in [0.15, 0.2) is 0 Å². The van der Waals surface area contributed by atoms with Gasteiger partial charge in [-0.05, 0) is 37.1 Å². The molecule has 3 rings (SSSR count).